The molecule has 7 nitrogen and oxygen atoms in total. The van der Waals surface area contributed by atoms with Crippen molar-refractivity contribution >= 4 is 17.7 Å². The van der Waals surface area contributed by atoms with E-state index in [2.05, 4.69) is 10.6 Å². The lowest BCUT2D eigenvalue weighted by Crippen LogP contribution is -2.43. The van der Waals surface area contributed by atoms with Crippen LogP contribution in [-0.4, -0.2) is 27.0 Å². The van der Waals surface area contributed by atoms with Crippen molar-refractivity contribution in [1.29, 1.82) is 0 Å². The highest BCUT2D eigenvalue weighted by Crippen LogP contribution is 2.21. The summed E-state index contributed by atoms with van der Waals surface area (Å²) in [5, 5.41) is 5.73. The Morgan fingerprint density at radius 3 is 2.43 bits per heavy atom. The van der Waals surface area contributed by atoms with Crippen molar-refractivity contribution in [3.8, 4) is 5.69 Å². The molecule has 2 amide bonds. The molecule has 5 rings (SSSR count). The van der Waals surface area contributed by atoms with Crippen molar-refractivity contribution in [2.24, 2.45) is 0 Å². The molecular formula is C27H22F3N5O2. The number of nitrogens with one attached hydrogen (secondary N) is 2. The highest BCUT2D eigenvalue weighted by Gasteiger charge is 2.27. The SMILES string of the molecule is O=C(Nc1ccc(F)c(F)c1)N1CCc2nc(NCc3ccc(F)cc3)n(-c3ccccc3)c(=O)c2C1. The molecule has 0 saturated carbocycles. The van der Waals surface area contributed by atoms with Crippen LogP contribution in [0.25, 0.3) is 5.69 Å². The van der Waals surface area contributed by atoms with Crippen molar-refractivity contribution in [1.82, 2.24) is 14.5 Å². The summed E-state index contributed by atoms with van der Waals surface area (Å²) in [5.41, 5.74) is 2.11. The zero-order chi connectivity index (χ0) is 25.9. The van der Waals surface area contributed by atoms with Crippen LogP contribution in [0.5, 0.6) is 0 Å². The highest BCUT2D eigenvalue weighted by molar-refractivity contribution is 5.89. The molecule has 0 aliphatic carbocycles. The quantitative estimate of drug-likeness (QED) is 0.407. The average Bonchev–Trinajstić information content (AvgIpc) is 2.91. The first kappa shape index (κ1) is 24.1. The van der Waals surface area contributed by atoms with E-state index in [-0.39, 0.29) is 30.2 Å². The standard InChI is InChI=1S/C27H22F3N5O2/c28-18-8-6-17(7-9-18)15-31-26-33-24-12-13-34(27(37)32-19-10-11-22(29)23(30)14-19)16-21(24)25(36)35(26)20-4-2-1-3-5-20/h1-11,14H,12-13,15-16H2,(H,31,33)(H,32,37). The smallest absolute Gasteiger partial charge is 0.322 e. The molecule has 10 heteroatoms. The Kier molecular flexibility index (Phi) is 6.63. The number of rotatable bonds is 5. The minimum atomic E-state index is -1.07. The molecule has 0 unspecified atom stereocenters. The first-order valence-corrected chi connectivity index (χ1v) is 11.6. The fourth-order valence-electron chi connectivity index (χ4n) is 4.14. The molecule has 0 radical (unpaired) electrons. The van der Waals surface area contributed by atoms with Gasteiger partial charge in [0.2, 0.25) is 5.95 Å². The first-order chi connectivity index (χ1) is 17.9. The van der Waals surface area contributed by atoms with Gasteiger partial charge in [0.05, 0.1) is 23.5 Å². The van der Waals surface area contributed by atoms with E-state index in [0.717, 1.165) is 17.7 Å². The Hall–Kier alpha value is -4.60. The van der Waals surface area contributed by atoms with Gasteiger partial charge in [0.15, 0.2) is 11.6 Å². The van der Waals surface area contributed by atoms with E-state index >= 15 is 0 Å². The maximum atomic E-state index is 13.7. The molecule has 0 bridgehead atoms. The summed E-state index contributed by atoms with van der Waals surface area (Å²) >= 11 is 0. The molecule has 1 aromatic heterocycles. The maximum absolute atomic E-state index is 13.7. The van der Waals surface area contributed by atoms with Gasteiger partial charge in [-0.25, -0.2) is 27.5 Å². The van der Waals surface area contributed by atoms with Gasteiger partial charge in [-0.2, -0.15) is 0 Å². The number of para-hydroxylation sites is 1. The van der Waals surface area contributed by atoms with E-state index in [1.165, 1.54) is 27.7 Å². The Balaban J connectivity index is 1.44. The predicted octanol–water partition coefficient (Wildman–Crippen LogP) is 4.85. The lowest BCUT2D eigenvalue weighted by molar-refractivity contribution is 0.205. The third-order valence-electron chi connectivity index (χ3n) is 6.07. The van der Waals surface area contributed by atoms with Gasteiger partial charge in [-0.1, -0.05) is 30.3 Å². The van der Waals surface area contributed by atoms with Crippen molar-refractivity contribution < 1.29 is 18.0 Å². The Morgan fingerprint density at radius 2 is 1.70 bits per heavy atom. The first-order valence-electron chi connectivity index (χ1n) is 11.6. The number of urea groups is 1. The average molecular weight is 506 g/mol. The van der Waals surface area contributed by atoms with E-state index in [0.29, 0.717) is 35.9 Å². The zero-order valence-electron chi connectivity index (χ0n) is 19.5. The fraction of sp³-hybridized carbons (Fsp3) is 0.148. The van der Waals surface area contributed by atoms with Crippen LogP contribution in [0.2, 0.25) is 0 Å². The van der Waals surface area contributed by atoms with Crippen molar-refractivity contribution in [3.05, 3.63) is 117 Å². The second-order valence-corrected chi connectivity index (χ2v) is 8.55. The summed E-state index contributed by atoms with van der Waals surface area (Å²) in [6.07, 6.45) is 0.330. The number of hydrogen-bond acceptors (Lipinski definition) is 4. The molecule has 2 N–H and O–H groups in total. The summed E-state index contributed by atoms with van der Waals surface area (Å²) in [4.78, 5) is 32.6. The van der Waals surface area contributed by atoms with Gasteiger partial charge < -0.3 is 15.5 Å². The van der Waals surface area contributed by atoms with E-state index in [4.69, 9.17) is 4.98 Å². The molecule has 2 heterocycles. The van der Waals surface area contributed by atoms with Crippen LogP contribution in [0.15, 0.2) is 77.6 Å². The molecule has 0 fully saturated rings. The van der Waals surface area contributed by atoms with Gasteiger partial charge in [0, 0.05) is 31.3 Å². The van der Waals surface area contributed by atoms with Crippen LogP contribution in [0, 0.1) is 17.5 Å². The molecule has 0 spiro atoms. The fourth-order valence-corrected chi connectivity index (χ4v) is 4.14. The minimum Gasteiger partial charge on any atom is -0.351 e. The normalized spacial score (nSPS) is 12.7. The lowest BCUT2D eigenvalue weighted by atomic mass is 10.1. The van der Waals surface area contributed by atoms with E-state index < -0.39 is 17.7 Å². The number of hydrogen-bond donors (Lipinski definition) is 2. The lowest BCUT2D eigenvalue weighted by Gasteiger charge is -2.29. The number of amides is 2. The number of fused-ring (bicyclic) bond motifs is 1. The summed E-state index contributed by atoms with van der Waals surface area (Å²) in [6.45, 7) is 0.602. The minimum absolute atomic E-state index is 0.00174. The molecular weight excluding hydrogens is 483 g/mol. The summed E-state index contributed by atoms with van der Waals surface area (Å²) < 4.78 is 41.5. The highest BCUT2D eigenvalue weighted by atomic mass is 19.2. The number of nitrogens with zero attached hydrogens (tertiary/aromatic N) is 3. The molecule has 1 aliphatic heterocycles. The molecule has 4 aromatic rings. The summed E-state index contributed by atoms with van der Waals surface area (Å²) in [6, 6.07) is 17.5. The summed E-state index contributed by atoms with van der Waals surface area (Å²) in [5.74, 6) is -2.09. The van der Waals surface area contributed by atoms with Gasteiger partial charge in [0.1, 0.15) is 5.82 Å². The Labute approximate surface area is 210 Å². The Bertz CT molecular complexity index is 1510. The largest absolute Gasteiger partial charge is 0.351 e. The van der Waals surface area contributed by atoms with Crippen LogP contribution < -0.4 is 16.2 Å². The van der Waals surface area contributed by atoms with Crippen molar-refractivity contribution in [2.75, 3.05) is 17.2 Å². The number of benzene rings is 3. The third kappa shape index (κ3) is 5.18. The van der Waals surface area contributed by atoms with Crippen LogP contribution in [0.4, 0.5) is 29.6 Å². The van der Waals surface area contributed by atoms with Crippen molar-refractivity contribution in [3.63, 3.8) is 0 Å². The van der Waals surface area contributed by atoms with Gasteiger partial charge >= 0.3 is 6.03 Å². The number of aromatic nitrogens is 2. The third-order valence-corrected chi connectivity index (χ3v) is 6.07. The number of halogens is 3. The van der Waals surface area contributed by atoms with Gasteiger partial charge in [-0.3, -0.25) is 4.79 Å². The molecule has 0 atom stereocenters. The number of anilines is 2. The van der Waals surface area contributed by atoms with Crippen LogP contribution in [0.1, 0.15) is 16.8 Å². The number of carbonyl (C=O) groups is 1. The maximum Gasteiger partial charge on any atom is 0.322 e. The van der Waals surface area contributed by atoms with Gasteiger partial charge in [0.25, 0.3) is 5.56 Å². The van der Waals surface area contributed by atoms with Gasteiger partial charge in [-0.15, -0.1) is 0 Å². The zero-order valence-corrected chi connectivity index (χ0v) is 19.5. The van der Waals surface area contributed by atoms with Crippen LogP contribution in [-0.2, 0) is 19.5 Å². The summed E-state index contributed by atoms with van der Waals surface area (Å²) in [7, 11) is 0. The second kappa shape index (κ2) is 10.2. The van der Waals surface area contributed by atoms with Crippen LogP contribution >= 0.6 is 0 Å². The van der Waals surface area contributed by atoms with Gasteiger partial charge in [-0.05, 0) is 42.0 Å². The van der Waals surface area contributed by atoms with Crippen LogP contribution in [0.3, 0.4) is 0 Å². The molecule has 0 saturated heterocycles. The Morgan fingerprint density at radius 1 is 0.946 bits per heavy atom. The van der Waals surface area contributed by atoms with E-state index in [9.17, 15) is 22.8 Å². The monoisotopic (exact) mass is 505 g/mol. The molecule has 3 aromatic carbocycles. The van der Waals surface area contributed by atoms with E-state index in [1.54, 1.807) is 36.4 Å². The van der Waals surface area contributed by atoms with E-state index in [1.807, 2.05) is 6.07 Å². The number of carbonyl (C=O) groups excluding carboxylic acids is 1. The predicted molar refractivity (Wildman–Crippen MR) is 133 cm³/mol. The topological polar surface area (TPSA) is 79.3 Å². The molecule has 37 heavy (non-hydrogen) atoms. The second-order valence-electron chi connectivity index (χ2n) is 8.55. The molecule has 1 aliphatic rings. The van der Waals surface area contributed by atoms with Crippen molar-refractivity contribution in [2.45, 2.75) is 19.5 Å². The molecule has 188 valence electrons.